The van der Waals surface area contributed by atoms with Crippen LogP contribution in [0.5, 0.6) is 5.75 Å². The van der Waals surface area contributed by atoms with Crippen molar-refractivity contribution < 1.29 is 4.74 Å². The van der Waals surface area contributed by atoms with E-state index in [1.165, 1.54) is 11.1 Å². The fourth-order valence-electron chi connectivity index (χ4n) is 2.67. The Morgan fingerprint density at radius 1 is 1.08 bits per heavy atom. The Balaban J connectivity index is 1.73. The number of para-hydroxylation sites is 1. The van der Waals surface area contributed by atoms with E-state index >= 15 is 0 Å². The molecule has 0 aliphatic carbocycles. The Kier molecular flexibility index (Phi) is 8.42. The highest BCUT2D eigenvalue weighted by atomic mass is 32.1. The van der Waals surface area contributed by atoms with E-state index in [1.54, 1.807) is 0 Å². The molecule has 0 unspecified atom stereocenters. The van der Waals surface area contributed by atoms with E-state index in [0.29, 0.717) is 11.0 Å². The second kappa shape index (κ2) is 10.8. The van der Waals surface area contributed by atoms with Crippen LogP contribution in [0.3, 0.4) is 0 Å². The number of hydrogen-bond acceptors (Lipinski definition) is 2. The van der Waals surface area contributed by atoms with E-state index in [2.05, 4.69) is 67.8 Å². The summed E-state index contributed by atoms with van der Waals surface area (Å²) in [7, 11) is 0. The van der Waals surface area contributed by atoms with Crippen molar-refractivity contribution in [3.63, 3.8) is 0 Å². The average Bonchev–Trinajstić information content (AvgIpc) is 2.64. The lowest BCUT2D eigenvalue weighted by atomic mass is 10.0. The first-order valence-electron chi connectivity index (χ1n) is 9.45. The summed E-state index contributed by atoms with van der Waals surface area (Å²) in [5.41, 5.74) is 3.61. The Morgan fingerprint density at radius 3 is 2.50 bits per heavy atom. The molecule has 3 nitrogen and oxygen atoms in total. The van der Waals surface area contributed by atoms with Crippen LogP contribution in [0.1, 0.15) is 50.7 Å². The summed E-state index contributed by atoms with van der Waals surface area (Å²) in [6.45, 7) is 8.11. The SMILES string of the molecule is CCCOc1ccccc1CCCNC(=S)Nc1ccc(C(C)C)cc1. The van der Waals surface area contributed by atoms with Crippen molar-refractivity contribution in [2.45, 2.75) is 46.0 Å². The molecular weight excluding hydrogens is 340 g/mol. The second-order valence-corrected chi connectivity index (χ2v) is 7.13. The molecule has 0 aromatic heterocycles. The fraction of sp³-hybridized carbons (Fsp3) is 0.409. The van der Waals surface area contributed by atoms with Crippen LogP contribution in [0, 0.1) is 0 Å². The molecule has 140 valence electrons. The zero-order valence-corrected chi connectivity index (χ0v) is 16.9. The van der Waals surface area contributed by atoms with Crippen LogP contribution in [-0.2, 0) is 6.42 Å². The lowest BCUT2D eigenvalue weighted by Gasteiger charge is -2.13. The second-order valence-electron chi connectivity index (χ2n) is 6.72. The molecule has 4 heteroatoms. The molecule has 0 saturated carbocycles. The van der Waals surface area contributed by atoms with Crippen LogP contribution >= 0.6 is 12.2 Å². The van der Waals surface area contributed by atoms with Crippen molar-refractivity contribution in [2.24, 2.45) is 0 Å². The summed E-state index contributed by atoms with van der Waals surface area (Å²) < 4.78 is 5.81. The van der Waals surface area contributed by atoms with E-state index in [-0.39, 0.29) is 0 Å². The van der Waals surface area contributed by atoms with Gasteiger partial charge in [0.2, 0.25) is 0 Å². The van der Waals surface area contributed by atoms with Gasteiger partial charge in [-0.1, -0.05) is 51.1 Å². The topological polar surface area (TPSA) is 33.3 Å². The largest absolute Gasteiger partial charge is 0.493 e. The molecule has 2 aromatic rings. The van der Waals surface area contributed by atoms with Crippen molar-refractivity contribution in [1.29, 1.82) is 0 Å². The van der Waals surface area contributed by atoms with Gasteiger partial charge in [0, 0.05) is 12.2 Å². The van der Waals surface area contributed by atoms with Crippen LogP contribution in [0.4, 0.5) is 5.69 Å². The van der Waals surface area contributed by atoms with Crippen molar-refractivity contribution in [3.05, 3.63) is 59.7 Å². The normalized spacial score (nSPS) is 10.6. The zero-order chi connectivity index (χ0) is 18.8. The van der Waals surface area contributed by atoms with Gasteiger partial charge in [-0.3, -0.25) is 0 Å². The molecule has 2 rings (SSSR count). The Labute approximate surface area is 163 Å². The third-order valence-electron chi connectivity index (χ3n) is 4.18. The molecule has 2 aromatic carbocycles. The molecule has 0 saturated heterocycles. The van der Waals surface area contributed by atoms with Crippen LogP contribution < -0.4 is 15.4 Å². The number of benzene rings is 2. The maximum Gasteiger partial charge on any atom is 0.170 e. The summed E-state index contributed by atoms with van der Waals surface area (Å²) in [5, 5.41) is 7.19. The van der Waals surface area contributed by atoms with E-state index in [4.69, 9.17) is 17.0 Å². The molecule has 26 heavy (non-hydrogen) atoms. The minimum absolute atomic E-state index is 0.540. The zero-order valence-electron chi connectivity index (χ0n) is 16.0. The van der Waals surface area contributed by atoms with Crippen molar-refractivity contribution in [2.75, 3.05) is 18.5 Å². The van der Waals surface area contributed by atoms with E-state index in [9.17, 15) is 0 Å². The smallest absolute Gasteiger partial charge is 0.170 e. The van der Waals surface area contributed by atoms with Gasteiger partial charge in [-0.2, -0.15) is 0 Å². The lowest BCUT2D eigenvalue weighted by Crippen LogP contribution is -2.29. The van der Waals surface area contributed by atoms with Crippen molar-refractivity contribution >= 4 is 23.0 Å². The Hall–Kier alpha value is -2.07. The quantitative estimate of drug-likeness (QED) is 0.450. The Bertz CT molecular complexity index is 683. The van der Waals surface area contributed by atoms with Crippen LogP contribution in [-0.4, -0.2) is 18.3 Å². The van der Waals surface area contributed by atoms with Gasteiger partial charge in [0.05, 0.1) is 6.61 Å². The van der Waals surface area contributed by atoms with Gasteiger partial charge >= 0.3 is 0 Å². The molecular formula is C22H30N2OS. The molecule has 0 spiro atoms. The standard InChI is InChI=1S/C22H30N2OS/c1-4-16-25-21-10-6-5-8-19(21)9-7-15-23-22(26)24-20-13-11-18(12-14-20)17(2)3/h5-6,8,10-14,17H,4,7,9,15-16H2,1-3H3,(H2,23,24,26). The summed E-state index contributed by atoms with van der Waals surface area (Å²) in [4.78, 5) is 0. The van der Waals surface area contributed by atoms with Crippen molar-refractivity contribution in [3.8, 4) is 5.75 Å². The summed E-state index contributed by atoms with van der Waals surface area (Å²) >= 11 is 5.39. The third kappa shape index (κ3) is 6.68. The van der Waals surface area contributed by atoms with Gasteiger partial charge in [0.1, 0.15) is 5.75 Å². The molecule has 0 fully saturated rings. The number of anilines is 1. The molecule has 2 N–H and O–H groups in total. The minimum Gasteiger partial charge on any atom is -0.493 e. The number of hydrogen-bond donors (Lipinski definition) is 2. The molecule has 0 bridgehead atoms. The number of nitrogens with one attached hydrogen (secondary N) is 2. The monoisotopic (exact) mass is 370 g/mol. The minimum atomic E-state index is 0.540. The Morgan fingerprint density at radius 2 is 1.81 bits per heavy atom. The average molecular weight is 371 g/mol. The van der Waals surface area contributed by atoms with Gasteiger partial charge in [-0.25, -0.2) is 0 Å². The fourth-order valence-corrected chi connectivity index (χ4v) is 2.89. The van der Waals surface area contributed by atoms with Gasteiger partial charge in [0.15, 0.2) is 5.11 Å². The van der Waals surface area contributed by atoms with Crippen molar-refractivity contribution in [1.82, 2.24) is 5.32 Å². The molecule has 0 heterocycles. The highest BCUT2D eigenvalue weighted by Crippen LogP contribution is 2.20. The molecule has 0 radical (unpaired) electrons. The van der Waals surface area contributed by atoms with Gasteiger partial charge in [-0.05, 0) is 66.7 Å². The first-order chi connectivity index (χ1) is 12.6. The number of aryl methyl sites for hydroxylation is 1. The lowest BCUT2D eigenvalue weighted by molar-refractivity contribution is 0.314. The van der Waals surface area contributed by atoms with E-state index in [0.717, 1.165) is 43.9 Å². The van der Waals surface area contributed by atoms with E-state index < -0.39 is 0 Å². The highest BCUT2D eigenvalue weighted by Gasteiger charge is 2.04. The van der Waals surface area contributed by atoms with E-state index in [1.807, 2.05) is 12.1 Å². The first kappa shape index (κ1) is 20.2. The van der Waals surface area contributed by atoms with Gasteiger partial charge < -0.3 is 15.4 Å². The highest BCUT2D eigenvalue weighted by molar-refractivity contribution is 7.80. The third-order valence-corrected chi connectivity index (χ3v) is 4.42. The number of thiocarbonyl (C=S) groups is 1. The molecule has 0 aliphatic heterocycles. The summed E-state index contributed by atoms with van der Waals surface area (Å²) in [6.07, 6.45) is 2.99. The maximum atomic E-state index is 5.81. The van der Waals surface area contributed by atoms with Crippen LogP contribution in [0.2, 0.25) is 0 Å². The molecule has 0 aliphatic rings. The maximum absolute atomic E-state index is 5.81. The van der Waals surface area contributed by atoms with Gasteiger partial charge in [-0.15, -0.1) is 0 Å². The predicted octanol–water partition coefficient (Wildman–Crippen LogP) is 5.52. The van der Waals surface area contributed by atoms with Crippen LogP contribution in [0.25, 0.3) is 0 Å². The molecule has 0 amide bonds. The predicted molar refractivity (Wildman–Crippen MR) is 115 cm³/mol. The van der Waals surface area contributed by atoms with Gasteiger partial charge in [0.25, 0.3) is 0 Å². The number of rotatable bonds is 9. The summed E-state index contributed by atoms with van der Waals surface area (Å²) in [5.74, 6) is 1.54. The summed E-state index contributed by atoms with van der Waals surface area (Å²) in [6, 6.07) is 16.7. The van der Waals surface area contributed by atoms with Crippen LogP contribution in [0.15, 0.2) is 48.5 Å². The molecule has 0 atom stereocenters. The number of ether oxygens (including phenoxy) is 1. The first-order valence-corrected chi connectivity index (χ1v) is 9.86.